The molecule has 0 spiro atoms. The van der Waals surface area contributed by atoms with E-state index in [1.54, 1.807) is 42.5 Å². The molecule has 0 atom stereocenters. The predicted molar refractivity (Wildman–Crippen MR) is 135 cm³/mol. The van der Waals surface area contributed by atoms with Crippen LogP contribution in [0.5, 0.6) is 5.75 Å². The van der Waals surface area contributed by atoms with Gasteiger partial charge in [-0.25, -0.2) is 8.42 Å². The quantitative estimate of drug-likeness (QED) is 0.401. The number of hydrogen-bond acceptors (Lipinski definition) is 4. The fourth-order valence-electron chi connectivity index (χ4n) is 3.20. The van der Waals surface area contributed by atoms with E-state index in [-0.39, 0.29) is 12.5 Å². The van der Waals surface area contributed by atoms with Crippen molar-refractivity contribution in [2.24, 2.45) is 0 Å². The van der Waals surface area contributed by atoms with Crippen LogP contribution in [0.15, 0.2) is 71.2 Å². The molecule has 0 saturated carbocycles. The van der Waals surface area contributed by atoms with Crippen LogP contribution < -0.4 is 14.4 Å². The summed E-state index contributed by atoms with van der Waals surface area (Å²) in [4.78, 5) is 12.4. The maximum absolute atomic E-state index is 12.4. The maximum atomic E-state index is 12.4. The Morgan fingerprint density at radius 2 is 1.73 bits per heavy atom. The number of ether oxygens (including phenoxy) is 1. The molecule has 0 fully saturated rings. The van der Waals surface area contributed by atoms with Crippen molar-refractivity contribution in [1.29, 1.82) is 0 Å². The van der Waals surface area contributed by atoms with Gasteiger partial charge in [-0.05, 0) is 73.0 Å². The lowest BCUT2D eigenvalue weighted by Crippen LogP contribution is -2.29. The molecule has 0 aliphatic heterocycles. The molecule has 33 heavy (non-hydrogen) atoms. The summed E-state index contributed by atoms with van der Waals surface area (Å²) in [6.07, 6.45) is 1.18. The highest BCUT2D eigenvalue weighted by Crippen LogP contribution is 2.24. The number of aryl methyl sites for hydroxylation is 2. The van der Waals surface area contributed by atoms with Gasteiger partial charge in [-0.2, -0.15) is 0 Å². The lowest BCUT2D eigenvalue weighted by Gasteiger charge is -2.23. The molecular formula is C25H27BrN2O4S. The lowest BCUT2D eigenvalue weighted by molar-refractivity contribution is 0.0947. The van der Waals surface area contributed by atoms with Gasteiger partial charge >= 0.3 is 0 Å². The van der Waals surface area contributed by atoms with Crippen LogP contribution >= 0.6 is 15.9 Å². The van der Waals surface area contributed by atoms with Crippen molar-refractivity contribution >= 4 is 37.5 Å². The number of benzene rings is 3. The summed E-state index contributed by atoms with van der Waals surface area (Å²) in [5.41, 5.74) is 4.20. The number of carbonyl (C=O) groups is 1. The van der Waals surface area contributed by atoms with Crippen LogP contribution in [0.25, 0.3) is 0 Å². The topological polar surface area (TPSA) is 75.7 Å². The smallest absolute Gasteiger partial charge is 0.251 e. The first-order valence-electron chi connectivity index (χ1n) is 10.4. The third-order valence-electron chi connectivity index (χ3n) is 5.17. The molecule has 3 aromatic carbocycles. The summed E-state index contributed by atoms with van der Waals surface area (Å²) in [5, 5.41) is 2.84. The Morgan fingerprint density at radius 3 is 2.36 bits per heavy atom. The average Bonchev–Trinajstić information content (AvgIpc) is 2.77. The van der Waals surface area contributed by atoms with Crippen LogP contribution in [0.1, 0.15) is 27.0 Å². The number of sulfonamides is 1. The van der Waals surface area contributed by atoms with Gasteiger partial charge in [-0.15, -0.1) is 0 Å². The second-order valence-corrected chi connectivity index (χ2v) is 10.6. The first kappa shape index (κ1) is 24.8. The minimum atomic E-state index is -3.48. The van der Waals surface area contributed by atoms with Gasteiger partial charge in [0, 0.05) is 10.0 Å². The van der Waals surface area contributed by atoms with Crippen LogP contribution in [0.4, 0.5) is 5.69 Å². The van der Waals surface area contributed by atoms with Crippen LogP contribution in [0, 0.1) is 13.8 Å². The van der Waals surface area contributed by atoms with Gasteiger partial charge in [0.1, 0.15) is 12.4 Å². The number of anilines is 1. The van der Waals surface area contributed by atoms with Crippen LogP contribution in [-0.4, -0.2) is 33.7 Å². The number of nitrogens with zero attached hydrogens (tertiary/aromatic N) is 1. The van der Waals surface area contributed by atoms with E-state index in [1.165, 1.54) is 16.1 Å². The third kappa shape index (κ3) is 7.07. The fourth-order valence-corrected chi connectivity index (χ4v) is 4.47. The minimum absolute atomic E-state index is 0.168. The summed E-state index contributed by atoms with van der Waals surface area (Å²) in [6.45, 7) is 4.98. The van der Waals surface area contributed by atoms with Gasteiger partial charge in [0.25, 0.3) is 5.91 Å². The SMILES string of the molecule is Cc1ccc(OCCNC(=O)c2ccc(CN(c3cccc(Br)c3)S(C)(=O)=O)cc2)cc1C. The highest BCUT2D eigenvalue weighted by atomic mass is 79.9. The molecule has 0 aliphatic rings. The van der Waals surface area contributed by atoms with E-state index in [0.717, 1.165) is 21.3 Å². The second kappa shape index (κ2) is 10.9. The number of nitrogens with one attached hydrogen (secondary N) is 1. The number of amides is 1. The van der Waals surface area contributed by atoms with Gasteiger partial charge in [0.2, 0.25) is 10.0 Å². The van der Waals surface area contributed by atoms with Crippen molar-refractivity contribution in [2.45, 2.75) is 20.4 Å². The first-order chi connectivity index (χ1) is 15.6. The average molecular weight is 531 g/mol. The predicted octanol–water partition coefficient (Wildman–Crippen LogP) is 4.84. The third-order valence-corrected chi connectivity index (χ3v) is 6.81. The van der Waals surface area contributed by atoms with E-state index in [0.29, 0.717) is 24.4 Å². The molecule has 0 radical (unpaired) electrons. The highest BCUT2D eigenvalue weighted by molar-refractivity contribution is 9.10. The van der Waals surface area contributed by atoms with Gasteiger partial charge in [-0.1, -0.05) is 40.2 Å². The minimum Gasteiger partial charge on any atom is -0.492 e. The zero-order valence-corrected chi connectivity index (χ0v) is 21.2. The molecule has 0 unspecified atom stereocenters. The van der Waals surface area contributed by atoms with Crippen LogP contribution in [0.3, 0.4) is 0 Å². The van der Waals surface area contributed by atoms with E-state index in [2.05, 4.69) is 21.2 Å². The van der Waals surface area contributed by atoms with Crippen molar-refractivity contribution in [3.05, 3.63) is 93.5 Å². The van der Waals surface area contributed by atoms with Crippen LogP contribution in [0.2, 0.25) is 0 Å². The molecule has 1 amide bonds. The Hall–Kier alpha value is -2.84. The number of rotatable bonds is 9. The molecule has 6 nitrogen and oxygen atoms in total. The van der Waals surface area contributed by atoms with Gasteiger partial charge in [-0.3, -0.25) is 9.10 Å². The van der Waals surface area contributed by atoms with Crippen LogP contribution in [-0.2, 0) is 16.6 Å². The van der Waals surface area contributed by atoms with Gasteiger partial charge < -0.3 is 10.1 Å². The molecule has 0 saturated heterocycles. The summed E-state index contributed by atoms with van der Waals surface area (Å²) in [5.74, 6) is 0.565. The number of halogens is 1. The molecule has 8 heteroatoms. The van der Waals surface area contributed by atoms with E-state index >= 15 is 0 Å². The maximum Gasteiger partial charge on any atom is 0.251 e. The molecular weight excluding hydrogens is 504 g/mol. The zero-order chi connectivity index (χ0) is 24.0. The van der Waals surface area contributed by atoms with Crippen molar-refractivity contribution in [3.8, 4) is 5.75 Å². The zero-order valence-electron chi connectivity index (χ0n) is 18.8. The molecule has 174 valence electrons. The normalized spacial score (nSPS) is 11.2. The molecule has 1 N–H and O–H groups in total. The molecule has 0 heterocycles. The fraction of sp³-hybridized carbons (Fsp3) is 0.240. The van der Waals surface area contributed by atoms with Crippen molar-refractivity contribution < 1.29 is 17.9 Å². The molecule has 3 aromatic rings. The Balaban J connectivity index is 1.57. The van der Waals surface area contributed by atoms with Crippen molar-refractivity contribution in [2.75, 3.05) is 23.7 Å². The molecule has 0 aromatic heterocycles. The molecule has 3 rings (SSSR count). The Bertz CT molecular complexity index is 1230. The van der Waals surface area contributed by atoms with E-state index in [4.69, 9.17) is 4.74 Å². The van der Waals surface area contributed by atoms with E-state index < -0.39 is 10.0 Å². The number of carbonyl (C=O) groups excluding carboxylic acids is 1. The molecule has 0 bridgehead atoms. The Kier molecular flexibility index (Phi) is 8.15. The van der Waals surface area contributed by atoms with Crippen molar-refractivity contribution in [3.63, 3.8) is 0 Å². The standard InChI is InChI=1S/C25H27BrN2O4S/c1-18-7-12-24(15-19(18)2)32-14-13-27-25(29)21-10-8-20(9-11-21)17-28(33(3,30)31)23-6-4-5-22(26)16-23/h4-12,15-16H,13-14,17H2,1-3H3,(H,27,29). The summed E-state index contributed by atoms with van der Waals surface area (Å²) >= 11 is 3.38. The lowest BCUT2D eigenvalue weighted by atomic mass is 10.1. The number of hydrogen-bond donors (Lipinski definition) is 1. The van der Waals surface area contributed by atoms with E-state index in [1.807, 2.05) is 38.1 Å². The summed E-state index contributed by atoms with van der Waals surface area (Å²) in [6, 6.07) is 19.9. The first-order valence-corrected chi connectivity index (χ1v) is 13.1. The Morgan fingerprint density at radius 1 is 1.00 bits per heavy atom. The largest absolute Gasteiger partial charge is 0.492 e. The highest BCUT2D eigenvalue weighted by Gasteiger charge is 2.18. The molecule has 0 aliphatic carbocycles. The van der Waals surface area contributed by atoms with E-state index in [9.17, 15) is 13.2 Å². The summed E-state index contributed by atoms with van der Waals surface area (Å²) in [7, 11) is -3.48. The second-order valence-electron chi connectivity index (χ2n) is 7.80. The monoisotopic (exact) mass is 530 g/mol. The Labute approximate surface area is 203 Å². The summed E-state index contributed by atoms with van der Waals surface area (Å²) < 4.78 is 32.5. The van der Waals surface area contributed by atoms with Gasteiger partial charge in [0.05, 0.1) is 25.0 Å². The van der Waals surface area contributed by atoms with Crippen molar-refractivity contribution in [1.82, 2.24) is 5.32 Å². The van der Waals surface area contributed by atoms with Gasteiger partial charge in [0.15, 0.2) is 0 Å².